The summed E-state index contributed by atoms with van der Waals surface area (Å²) in [6, 6.07) is 7.14. The van der Waals surface area contributed by atoms with Crippen molar-refractivity contribution in [3.05, 3.63) is 41.7 Å². The Bertz CT molecular complexity index is 623. The standard InChI is InChI=1S/C14H16F3N3O2/c1-9-6-13(14(15,16)17)20(19-9)11-4-2-10(3-5-11)18-7-12(22)8-21/h2-6,12,18,21-22H,7-8H2,1H3. The molecular weight excluding hydrogens is 299 g/mol. The second kappa shape index (κ2) is 6.37. The predicted molar refractivity (Wildman–Crippen MR) is 74.9 cm³/mol. The van der Waals surface area contributed by atoms with Gasteiger partial charge in [0.15, 0.2) is 0 Å². The van der Waals surface area contributed by atoms with Gasteiger partial charge in [-0.25, -0.2) is 4.68 Å². The van der Waals surface area contributed by atoms with Crippen LogP contribution in [0.1, 0.15) is 11.4 Å². The van der Waals surface area contributed by atoms with Crippen molar-refractivity contribution in [1.29, 1.82) is 0 Å². The van der Waals surface area contributed by atoms with Crippen LogP contribution in [0.4, 0.5) is 18.9 Å². The zero-order valence-electron chi connectivity index (χ0n) is 11.8. The Morgan fingerprint density at radius 1 is 1.27 bits per heavy atom. The van der Waals surface area contributed by atoms with Crippen LogP contribution < -0.4 is 5.32 Å². The summed E-state index contributed by atoms with van der Waals surface area (Å²) in [4.78, 5) is 0. The minimum absolute atomic E-state index is 0.143. The number of halogens is 3. The van der Waals surface area contributed by atoms with Crippen molar-refractivity contribution in [3.63, 3.8) is 0 Å². The molecule has 0 bridgehead atoms. The third-order valence-electron chi connectivity index (χ3n) is 2.99. The van der Waals surface area contributed by atoms with Crippen molar-refractivity contribution in [3.8, 4) is 5.69 Å². The smallest absolute Gasteiger partial charge is 0.394 e. The Balaban J connectivity index is 2.21. The first-order valence-electron chi connectivity index (χ1n) is 6.58. The predicted octanol–water partition coefficient (Wildman–Crippen LogP) is 1.96. The Kier molecular flexibility index (Phi) is 4.72. The van der Waals surface area contributed by atoms with Gasteiger partial charge in [-0.3, -0.25) is 0 Å². The molecule has 1 aromatic heterocycles. The number of alkyl halides is 3. The van der Waals surface area contributed by atoms with Crippen LogP contribution in [0, 0.1) is 6.92 Å². The molecule has 1 atom stereocenters. The van der Waals surface area contributed by atoms with Crippen molar-refractivity contribution in [2.24, 2.45) is 0 Å². The molecule has 8 heteroatoms. The van der Waals surface area contributed by atoms with Gasteiger partial charge in [0.25, 0.3) is 0 Å². The highest BCUT2D eigenvalue weighted by atomic mass is 19.4. The van der Waals surface area contributed by atoms with Crippen LogP contribution in [0.3, 0.4) is 0 Å². The number of hydrogen-bond acceptors (Lipinski definition) is 4. The molecule has 0 spiro atoms. The molecule has 0 amide bonds. The summed E-state index contributed by atoms with van der Waals surface area (Å²) >= 11 is 0. The van der Waals surface area contributed by atoms with E-state index in [0.29, 0.717) is 5.69 Å². The van der Waals surface area contributed by atoms with Crippen molar-refractivity contribution in [2.45, 2.75) is 19.2 Å². The summed E-state index contributed by atoms with van der Waals surface area (Å²) in [5.74, 6) is 0. The number of aliphatic hydroxyl groups excluding tert-OH is 2. The fraction of sp³-hybridized carbons (Fsp3) is 0.357. The van der Waals surface area contributed by atoms with Gasteiger partial charge < -0.3 is 15.5 Å². The summed E-state index contributed by atoms with van der Waals surface area (Å²) in [5, 5.41) is 24.7. The molecule has 3 N–H and O–H groups in total. The van der Waals surface area contributed by atoms with Gasteiger partial charge in [-0.15, -0.1) is 0 Å². The highest BCUT2D eigenvalue weighted by Crippen LogP contribution is 2.31. The SMILES string of the molecule is Cc1cc(C(F)(F)F)n(-c2ccc(NCC(O)CO)cc2)n1. The molecule has 2 aromatic rings. The number of hydrogen-bond donors (Lipinski definition) is 3. The summed E-state index contributed by atoms with van der Waals surface area (Å²) in [6.07, 6.45) is -5.38. The molecule has 0 aliphatic heterocycles. The molecule has 1 unspecified atom stereocenters. The summed E-state index contributed by atoms with van der Waals surface area (Å²) < 4.78 is 39.7. The fourth-order valence-corrected chi connectivity index (χ4v) is 1.92. The van der Waals surface area contributed by atoms with Gasteiger partial charge in [0.2, 0.25) is 0 Å². The highest BCUT2D eigenvalue weighted by molar-refractivity contribution is 5.49. The van der Waals surface area contributed by atoms with E-state index in [9.17, 15) is 18.3 Å². The number of benzene rings is 1. The zero-order chi connectivity index (χ0) is 16.3. The molecule has 0 aliphatic carbocycles. The molecular formula is C14H16F3N3O2. The van der Waals surface area contributed by atoms with Crippen LogP contribution in [0.25, 0.3) is 5.69 Å². The maximum atomic E-state index is 13.0. The number of nitrogens with one attached hydrogen (secondary N) is 1. The van der Waals surface area contributed by atoms with Crippen LogP contribution in [-0.4, -0.2) is 39.2 Å². The molecule has 2 rings (SSSR count). The number of aromatic nitrogens is 2. The third-order valence-corrected chi connectivity index (χ3v) is 2.99. The first-order valence-corrected chi connectivity index (χ1v) is 6.58. The van der Waals surface area contributed by atoms with E-state index in [1.54, 1.807) is 12.1 Å². The third kappa shape index (κ3) is 3.77. The first-order chi connectivity index (χ1) is 10.3. The minimum Gasteiger partial charge on any atom is -0.394 e. The molecule has 0 saturated heterocycles. The molecule has 1 aromatic carbocycles. The molecule has 0 fully saturated rings. The normalized spacial score (nSPS) is 13.2. The molecule has 1 heterocycles. The first kappa shape index (κ1) is 16.3. The van der Waals surface area contributed by atoms with E-state index in [0.717, 1.165) is 10.7 Å². The lowest BCUT2D eigenvalue weighted by atomic mass is 10.2. The van der Waals surface area contributed by atoms with Crippen LogP contribution >= 0.6 is 0 Å². The maximum absolute atomic E-state index is 13.0. The van der Waals surface area contributed by atoms with Crippen molar-refractivity contribution < 1.29 is 23.4 Å². The van der Waals surface area contributed by atoms with Gasteiger partial charge in [0.1, 0.15) is 5.69 Å². The van der Waals surface area contributed by atoms with E-state index >= 15 is 0 Å². The van der Waals surface area contributed by atoms with Crippen LogP contribution in [0.5, 0.6) is 0 Å². The van der Waals surface area contributed by atoms with E-state index < -0.39 is 18.0 Å². The molecule has 5 nitrogen and oxygen atoms in total. The average molecular weight is 315 g/mol. The largest absolute Gasteiger partial charge is 0.433 e. The Labute approximate surface area is 125 Å². The number of rotatable bonds is 5. The Morgan fingerprint density at radius 2 is 1.91 bits per heavy atom. The summed E-state index contributed by atoms with van der Waals surface area (Å²) in [7, 11) is 0. The van der Waals surface area contributed by atoms with Crippen molar-refractivity contribution >= 4 is 5.69 Å². The average Bonchev–Trinajstić information content (AvgIpc) is 2.87. The Morgan fingerprint density at radius 3 is 2.45 bits per heavy atom. The number of nitrogens with zero attached hydrogens (tertiary/aromatic N) is 2. The topological polar surface area (TPSA) is 70.3 Å². The van der Waals surface area contributed by atoms with Gasteiger partial charge in [0, 0.05) is 12.2 Å². The summed E-state index contributed by atoms with van der Waals surface area (Å²) in [6.45, 7) is 1.27. The van der Waals surface area contributed by atoms with E-state index in [1.807, 2.05) is 0 Å². The monoisotopic (exact) mass is 315 g/mol. The fourth-order valence-electron chi connectivity index (χ4n) is 1.92. The summed E-state index contributed by atoms with van der Waals surface area (Å²) in [5.41, 5.74) is 0.351. The second-order valence-electron chi connectivity index (χ2n) is 4.84. The van der Waals surface area contributed by atoms with Crippen molar-refractivity contribution in [2.75, 3.05) is 18.5 Å². The van der Waals surface area contributed by atoms with E-state index in [-0.39, 0.29) is 24.5 Å². The molecule has 120 valence electrons. The number of anilines is 1. The highest BCUT2D eigenvalue weighted by Gasteiger charge is 2.35. The number of aryl methyl sites for hydroxylation is 1. The number of aliphatic hydroxyl groups is 2. The van der Waals surface area contributed by atoms with Crippen LogP contribution in [0.15, 0.2) is 30.3 Å². The van der Waals surface area contributed by atoms with Gasteiger partial charge in [-0.2, -0.15) is 18.3 Å². The van der Waals surface area contributed by atoms with Gasteiger partial charge in [-0.05, 0) is 37.3 Å². The second-order valence-corrected chi connectivity index (χ2v) is 4.84. The maximum Gasteiger partial charge on any atom is 0.433 e. The molecule has 0 radical (unpaired) electrons. The van der Waals surface area contributed by atoms with E-state index in [4.69, 9.17) is 5.11 Å². The van der Waals surface area contributed by atoms with Crippen molar-refractivity contribution in [1.82, 2.24) is 9.78 Å². The Hall–Kier alpha value is -2.06. The lowest BCUT2D eigenvalue weighted by Gasteiger charge is -2.12. The molecule has 0 aliphatic rings. The lowest BCUT2D eigenvalue weighted by molar-refractivity contribution is -0.142. The van der Waals surface area contributed by atoms with E-state index in [2.05, 4.69) is 10.4 Å². The van der Waals surface area contributed by atoms with E-state index in [1.165, 1.54) is 19.1 Å². The lowest BCUT2D eigenvalue weighted by Crippen LogP contribution is -2.22. The molecule has 22 heavy (non-hydrogen) atoms. The minimum atomic E-state index is -4.48. The van der Waals surface area contributed by atoms with Gasteiger partial charge in [0.05, 0.1) is 24.1 Å². The van der Waals surface area contributed by atoms with Gasteiger partial charge in [-0.1, -0.05) is 0 Å². The quantitative estimate of drug-likeness (QED) is 0.789. The van der Waals surface area contributed by atoms with Gasteiger partial charge >= 0.3 is 6.18 Å². The molecule has 0 saturated carbocycles. The van der Waals surface area contributed by atoms with Crippen LogP contribution in [0.2, 0.25) is 0 Å². The zero-order valence-corrected chi connectivity index (χ0v) is 11.8. The van der Waals surface area contributed by atoms with Crippen LogP contribution in [-0.2, 0) is 6.18 Å².